The van der Waals surface area contributed by atoms with Crippen LogP contribution in [0, 0.1) is 0 Å². The van der Waals surface area contributed by atoms with Gasteiger partial charge in [0.15, 0.2) is 0 Å². The SMILES string of the molecule is CCCCCCCCCCCCCCCCCCCCCC(=O)OC(CCCCCCCCCCCCCCCC)CC(=O)NC(CO)C(O)CCCCCCCCCCC. The second-order valence-electron chi connectivity index (χ2n) is 19.4. The summed E-state index contributed by atoms with van der Waals surface area (Å²) in [4.78, 5) is 26.2. The molecule has 0 aromatic heterocycles. The van der Waals surface area contributed by atoms with Gasteiger partial charge in [-0.3, -0.25) is 9.59 Å². The molecular formula is C55H109NO5. The minimum Gasteiger partial charge on any atom is -0.462 e. The van der Waals surface area contributed by atoms with Crippen LogP contribution in [0.15, 0.2) is 0 Å². The first-order valence-corrected chi connectivity index (χ1v) is 27.8. The summed E-state index contributed by atoms with van der Waals surface area (Å²) in [6.45, 7) is 6.51. The van der Waals surface area contributed by atoms with Crippen LogP contribution in [0.1, 0.15) is 316 Å². The molecule has 0 fully saturated rings. The molecule has 0 rings (SSSR count). The fourth-order valence-corrected chi connectivity index (χ4v) is 8.96. The van der Waals surface area contributed by atoms with Gasteiger partial charge in [-0.15, -0.1) is 0 Å². The highest BCUT2D eigenvalue weighted by molar-refractivity contribution is 5.77. The van der Waals surface area contributed by atoms with Crippen molar-refractivity contribution in [3.8, 4) is 0 Å². The van der Waals surface area contributed by atoms with Gasteiger partial charge in [-0.05, 0) is 25.7 Å². The molecule has 3 atom stereocenters. The van der Waals surface area contributed by atoms with Crippen molar-refractivity contribution in [1.29, 1.82) is 0 Å². The Morgan fingerprint density at radius 1 is 0.410 bits per heavy atom. The zero-order valence-electron chi connectivity index (χ0n) is 41.6. The summed E-state index contributed by atoms with van der Waals surface area (Å²) in [6.07, 6.45) is 54.6. The molecule has 3 unspecified atom stereocenters. The lowest BCUT2D eigenvalue weighted by molar-refractivity contribution is -0.151. The van der Waals surface area contributed by atoms with Crippen molar-refractivity contribution in [3.05, 3.63) is 0 Å². The molecule has 0 bridgehead atoms. The predicted octanol–water partition coefficient (Wildman–Crippen LogP) is 16.7. The van der Waals surface area contributed by atoms with E-state index < -0.39 is 18.2 Å². The number of aliphatic hydroxyl groups is 2. The summed E-state index contributed by atoms with van der Waals surface area (Å²) in [6, 6.07) is -0.691. The predicted molar refractivity (Wildman–Crippen MR) is 264 cm³/mol. The Balaban J connectivity index is 4.43. The van der Waals surface area contributed by atoms with Gasteiger partial charge in [0, 0.05) is 6.42 Å². The fraction of sp³-hybridized carbons (Fsp3) is 0.964. The van der Waals surface area contributed by atoms with Crippen molar-refractivity contribution in [2.75, 3.05) is 6.61 Å². The van der Waals surface area contributed by atoms with Gasteiger partial charge in [0.1, 0.15) is 6.10 Å². The number of unbranched alkanes of at least 4 members (excludes halogenated alkanes) is 39. The number of hydrogen-bond acceptors (Lipinski definition) is 5. The van der Waals surface area contributed by atoms with Gasteiger partial charge in [-0.25, -0.2) is 0 Å². The van der Waals surface area contributed by atoms with E-state index in [4.69, 9.17) is 4.74 Å². The second-order valence-corrected chi connectivity index (χ2v) is 19.4. The molecule has 6 nitrogen and oxygen atoms in total. The first-order chi connectivity index (χ1) is 30.0. The van der Waals surface area contributed by atoms with E-state index in [1.165, 1.54) is 231 Å². The van der Waals surface area contributed by atoms with Crippen LogP contribution >= 0.6 is 0 Å². The van der Waals surface area contributed by atoms with Gasteiger partial charge in [0.05, 0.1) is 25.2 Å². The van der Waals surface area contributed by atoms with Crippen molar-refractivity contribution in [3.63, 3.8) is 0 Å². The number of ether oxygens (including phenoxy) is 1. The van der Waals surface area contributed by atoms with Gasteiger partial charge in [0.2, 0.25) is 5.91 Å². The van der Waals surface area contributed by atoms with Crippen LogP contribution < -0.4 is 5.32 Å². The Bertz CT molecular complexity index is 882. The molecule has 0 heterocycles. The molecule has 3 N–H and O–H groups in total. The molecule has 0 aromatic carbocycles. The minimum absolute atomic E-state index is 0.0879. The highest BCUT2D eigenvalue weighted by Gasteiger charge is 2.24. The molecule has 0 aliphatic heterocycles. The third kappa shape index (κ3) is 45.2. The Labute approximate surface area is 381 Å². The fourth-order valence-electron chi connectivity index (χ4n) is 8.96. The van der Waals surface area contributed by atoms with Crippen LogP contribution in [-0.2, 0) is 14.3 Å². The third-order valence-electron chi connectivity index (χ3n) is 13.2. The van der Waals surface area contributed by atoms with E-state index in [1.807, 2.05) is 0 Å². The largest absolute Gasteiger partial charge is 0.462 e. The Kier molecular flexibility index (Phi) is 48.9. The van der Waals surface area contributed by atoms with Gasteiger partial charge in [0.25, 0.3) is 0 Å². The van der Waals surface area contributed by atoms with Crippen LogP contribution in [0.4, 0.5) is 0 Å². The van der Waals surface area contributed by atoms with Crippen molar-refractivity contribution in [2.24, 2.45) is 0 Å². The van der Waals surface area contributed by atoms with Crippen molar-refractivity contribution >= 4 is 11.9 Å². The van der Waals surface area contributed by atoms with E-state index in [9.17, 15) is 19.8 Å². The number of aliphatic hydroxyl groups excluding tert-OH is 2. The van der Waals surface area contributed by atoms with E-state index in [0.29, 0.717) is 19.3 Å². The van der Waals surface area contributed by atoms with Crippen LogP contribution in [0.2, 0.25) is 0 Å². The molecule has 0 aromatic rings. The standard InChI is InChI=1S/C55H109NO5/c1-4-7-10-13-16-19-21-23-25-26-27-28-29-31-33-36-39-42-45-48-55(60)61-51(46-43-40-37-35-32-30-24-22-20-17-14-11-8-5-2)49-54(59)56-52(50-57)53(58)47-44-41-38-34-18-15-12-9-6-3/h51-53,57-58H,4-50H2,1-3H3,(H,56,59). The lowest BCUT2D eigenvalue weighted by Gasteiger charge is -2.24. The van der Waals surface area contributed by atoms with Crippen molar-refractivity contribution in [2.45, 2.75) is 334 Å². The molecule has 6 heteroatoms. The van der Waals surface area contributed by atoms with Crippen molar-refractivity contribution in [1.82, 2.24) is 5.32 Å². The average molecular weight is 864 g/mol. The smallest absolute Gasteiger partial charge is 0.306 e. The van der Waals surface area contributed by atoms with Crippen LogP contribution in [-0.4, -0.2) is 46.9 Å². The van der Waals surface area contributed by atoms with Gasteiger partial charge in [-0.2, -0.15) is 0 Å². The zero-order chi connectivity index (χ0) is 44.5. The molecular weight excluding hydrogens is 755 g/mol. The van der Waals surface area contributed by atoms with E-state index in [0.717, 1.165) is 38.5 Å². The summed E-state index contributed by atoms with van der Waals surface area (Å²) in [5.41, 5.74) is 0. The first kappa shape index (κ1) is 59.9. The maximum absolute atomic E-state index is 13.2. The van der Waals surface area contributed by atoms with E-state index >= 15 is 0 Å². The summed E-state index contributed by atoms with van der Waals surface area (Å²) < 4.78 is 5.96. The summed E-state index contributed by atoms with van der Waals surface area (Å²) in [5, 5.41) is 23.7. The molecule has 0 spiro atoms. The van der Waals surface area contributed by atoms with Crippen LogP contribution in [0.25, 0.3) is 0 Å². The molecule has 0 radical (unpaired) electrons. The van der Waals surface area contributed by atoms with E-state index in [-0.39, 0.29) is 24.9 Å². The number of nitrogens with one attached hydrogen (secondary N) is 1. The highest BCUT2D eigenvalue weighted by atomic mass is 16.5. The zero-order valence-corrected chi connectivity index (χ0v) is 41.6. The molecule has 0 saturated carbocycles. The summed E-state index contributed by atoms with van der Waals surface area (Å²) >= 11 is 0. The topological polar surface area (TPSA) is 95.9 Å². The monoisotopic (exact) mass is 864 g/mol. The van der Waals surface area contributed by atoms with Crippen molar-refractivity contribution < 1.29 is 24.5 Å². The number of hydrogen-bond donors (Lipinski definition) is 3. The Morgan fingerprint density at radius 3 is 1.00 bits per heavy atom. The second kappa shape index (κ2) is 49.9. The summed E-state index contributed by atoms with van der Waals surface area (Å²) in [7, 11) is 0. The minimum atomic E-state index is -0.778. The molecule has 1 amide bonds. The normalized spacial score (nSPS) is 13.1. The Hall–Kier alpha value is -1.14. The molecule has 61 heavy (non-hydrogen) atoms. The summed E-state index contributed by atoms with van der Waals surface area (Å²) in [5.74, 6) is -0.448. The van der Waals surface area contributed by atoms with Gasteiger partial charge in [-0.1, -0.05) is 278 Å². The van der Waals surface area contributed by atoms with Crippen LogP contribution in [0.3, 0.4) is 0 Å². The average Bonchev–Trinajstić information content (AvgIpc) is 3.25. The third-order valence-corrected chi connectivity index (χ3v) is 13.2. The van der Waals surface area contributed by atoms with Crippen LogP contribution in [0.5, 0.6) is 0 Å². The quantitative estimate of drug-likeness (QED) is 0.0418. The van der Waals surface area contributed by atoms with Gasteiger partial charge < -0.3 is 20.3 Å². The number of amides is 1. The number of esters is 1. The maximum Gasteiger partial charge on any atom is 0.306 e. The number of carbonyl (C=O) groups is 2. The molecule has 0 aliphatic carbocycles. The lowest BCUT2D eigenvalue weighted by Crippen LogP contribution is -2.46. The van der Waals surface area contributed by atoms with E-state index in [1.54, 1.807) is 0 Å². The number of rotatable bonds is 51. The number of carbonyl (C=O) groups excluding carboxylic acids is 2. The first-order valence-electron chi connectivity index (χ1n) is 27.8. The van der Waals surface area contributed by atoms with E-state index in [2.05, 4.69) is 26.1 Å². The molecule has 0 saturated heterocycles. The highest BCUT2D eigenvalue weighted by Crippen LogP contribution is 2.19. The Morgan fingerprint density at radius 2 is 0.689 bits per heavy atom. The maximum atomic E-state index is 13.2. The molecule has 0 aliphatic rings. The lowest BCUT2D eigenvalue weighted by atomic mass is 10.0. The van der Waals surface area contributed by atoms with Gasteiger partial charge >= 0.3 is 5.97 Å². The molecule has 364 valence electrons.